The SMILES string of the molecule is CCOc1cccc(C(=O)OO[C](C)C)c1. The average Bonchev–Trinajstić information content (AvgIpc) is 2.26. The number of hydrogen-bond acceptors (Lipinski definition) is 4. The Bertz CT molecular complexity index is 347. The Morgan fingerprint density at radius 3 is 2.62 bits per heavy atom. The summed E-state index contributed by atoms with van der Waals surface area (Å²) in [5.74, 6) is 0.0944. The van der Waals surface area contributed by atoms with Gasteiger partial charge in [-0.15, -0.1) is 0 Å². The Kier molecular flexibility index (Phi) is 4.79. The van der Waals surface area contributed by atoms with E-state index in [0.717, 1.165) is 0 Å². The lowest BCUT2D eigenvalue weighted by Gasteiger charge is -2.07. The third kappa shape index (κ3) is 3.90. The minimum atomic E-state index is -0.539. The smallest absolute Gasteiger partial charge is 0.373 e. The third-order valence-corrected chi connectivity index (χ3v) is 1.66. The molecule has 4 nitrogen and oxygen atoms in total. The fourth-order valence-corrected chi connectivity index (χ4v) is 1.05. The second kappa shape index (κ2) is 6.12. The highest BCUT2D eigenvalue weighted by atomic mass is 17.2. The van der Waals surface area contributed by atoms with E-state index in [1.165, 1.54) is 0 Å². The molecule has 0 aliphatic rings. The van der Waals surface area contributed by atoms with Gasteiger partial charge in [0.1, 0.15) is 11.9 Å². The number of hydrogen-bond donors (Lipinski definition) is 0. The third-order valence-electron chi connectivity index (χ3n) is 1.66. The van der Waals surface area contributed by atoms with Crippen molar-refractivity contribution in [3.05, 3.63) is 35.9 Å². The summed E-state index contributed by atoms with van der Waals surface area (Å²) in [4.78, 5) is 20.8. The van der Waals surface area contributed by atoms with Crippen molar-refractivity contribution in [2.75, 3.05) is 6.61 Å². The summed E-state index contributed by atoms with van der Waals surface area (Å²) >= 11 is 0. The first-order chi connectivity index (χ1) is 7.63. The van der Waals surface area contributed by atoms with Crippen LogP contribution in [-0.2, 0) is 9.78 Å². The lowest BCUT2D eigenvalue weighted by molar-refractivity contribution is -0.229. The number of carbonyl (C=O) groups is 1. The summed E-state index contributed by atoms with van der Waals surface area (Å²) in [6, 6.07) is 6.75. The van der Waals surface area contributed by atoms with Crippen LogP contribution in [0.25, 0.3) is 0 Å². The molecule has 16 heavy (non-hydrogen) atoms. The van der Waals surface area contributed by atoms with Gasteiger partial charge in [0.15, 0.2) is 0 Å². The van der Waals surface area contributed by atoms with Gasteiger partial charge >= 0.3 is 5.97 Å². The van der Waals surface area contributed by atoms with Crippen LogP contribution in [0.5, 0.6) is 5.75 Å². The van der Waals surface area contributed by atoms with Gasteiger partial charge in [-0.25, -0.2) is 4.79 Å². The van der Waals surface area contributed by atoms with Crippen molar-refractivity contribution in [3.8, 4) is 5.75 Å². The van der Waals surface area contributed by atoms with Gasteiger partial charge in [-0.05, 0) is 39.0 Å². The number of benzene rings is 1. The van der Waals surface area contributed by atoms with E-state index in [2.05, 4.69) is 9.78 Å². The van der Waals surface area contributed by atoms with Gasteiger partial charge in [0.25, 0.3) is 0 Å². The second-order valence-electron chi connectivity index (χ2n) is 3.32. The van der Waals surface area contributed by atoms with Crippen molar-refractivity contribution in [1.29, 1.82) is 0 Å². The van der Waals surface area contributed by atoms with Gasteiger partial charge in [0, 0.05) is 0 Å². The number of ether oxygens (including phenoxy) is 1. The topological polar surface area (TPSA) is 44.8 Å². The average molecular weight is 223 g/mol. The maximum atomic E-state index is 11.5. The highest BCUT2D eigenvalue weighted by Gasteiger charge is 2.10. The summed E-state index contributed by atoms with van der Waals surface area (Å²) in [7, 11) is 0. The maximum Gasteiger partial charge on any atom is 0.373 e. The quantitative estimate of drug-likeness (QED) is 0.568. The Labute approximate surface area is 95.1 Å². The zero-order chi connectivity index (χ0) is 12.0. The molecule has 0 aromatic heterocycles. The van der Waals surface area contributed by atoms with E-state index in [1.54, 1.807) is 38.1 Å². The van der Waals surface area contributed by atoms with Gasteiger partial charge < -0.3 is 4.74 Å². The van der Waals surface area contributed by atoms with Crippen molar-refractivity contribution >= 4 is 5.97 Å². The Morgan fingerprint density at radius 2 is 2.00 bits per heavy atom. The normalized spacial score (nSPS) is 10.2. The largest absolute Gasteiger partial charge is 0.494 e. The molecule has 1 aromatic rings. The van der Waals surface area contributed by atoms with Gasteiger partial charge in [0.2, 0.25) is 0 Å². The first-order valence-corrected chi connectivity index (χ1v) is 5.05. The molecule has 0 unspecified atom stereocenters. The molecule has 1 radical (unpaired) electrons. The summed E-state index contributed by atoms with van der Waals surface area (Å²) in [6.07, 6.45) is 0.564. The summed E-state index contributed by atoms with van der Waals surface area (Å²) < 4.78 is 5.27. The molecular formula is C12H15O4. The summed E-state index contributed by atoms with van der Waals surface area (Å²) in [5, 5.41) is 0. The van der Waals surface area contributed by atoms with Crippen LogP contribution < -0.4 is 4.74 Å². The molecule has 1 aromatic carbocycles. The molecule has 87 valence electrons. The molecule has 4 heteroatoms. The van der Waals surface area contributed by atoms with Gasteiger partial charge in [0.05, 0.1) is 12.2 Å². The van der Waals surface area contributed by atoms with Crippen molar-refractivity contribution in [3.63, 3.8) is 0 Å². The van der Waals surface area contributed by atoms with Gasteiger partial charge in [-0.2, -0.15) is 4.89 Å². The fraction of sp³-hybridized carbons (Fsp3) is 0.333. The summed E-state index contributed by atoms with van der Waals surface area (Å²) in [6.45, 7) is 5.83. The Balaban J connectivity index is 2.64. The Morgan fingerprint density at radius 1 is 1.25 bits per heavy atom. The zero-order valence-electron chi connectivity index (χ0n) is 9.65. The minimum absolute atomic E-state index is 0.396. The molecule has 0 aliphatic carbocycles. The molecule has 0 spiro atoms. The monoisotopic (exact) mass is 223 g/mol. The van der Waals surface area contributed by atoms with Gasteiger partial charge in [-0.1, -0.05) is 6.07 Å². The van der Waals surface area contributed by atoms with E-state index < -0.39 is 5.97 Å². The van der Waals surface area contributed by atoms with Crippen LogP contribution >= 0.6 is 0 Å². The molecule has 0 N–H and O–H groups in total. The van der Waals surface area contributed by atoms with E-state index >= 15 is 0 Å². The lowest BCUT2D eigenvalue weighted by atomic mass is 10.2. The molecule has 0 aliphatic heterocycles. The predicted molar refractivity (Wildman–Crippen MR) is 58.7 cm³/mol. The van der Waals surface area contributed by atoms with Crippen molar-refractivity contribution in [1.82, 2.24) is 0 Å². The first kappa shape index (κ1) is 12.5. The number of carbonyl (C=O) groups excluding carboxylic acids is 1. The van der Waals surface area contributed by atoms with Crippen LogP contribution in [0, 0.1) is 6.10 Å². The van der Waals surface area contributed by atoms with Crippen LogP contribution in [-0.4, -0.2) is 12.6 Å². The fourth-order valence-electron chi connectivity index (χ4n) is 1.05. The van der Waals surface area contributed by atoms with Crippen LogP contribution in [0.4, 0.5) is 0 Å². The first-order valence-electron chi connectivity index (χ1n) is 5.05. The van der Waals surface area contributed by atoms with Crippen molar-refractivity contribution in [2.45, 2.75) is 20.8 Å². The highest BCUT2D eigenvalue weighted by molar-refractivity contribution is 5.89. The molecule has 1 rings (SSSR count). The molecule has 0 amide bonds. The second-order valence-corrected chi connectivity index (χ2v) is 3.32. The molecule has 0 saturated heterocycles. The molecule has 0 fully saturated rings. The van der Waals surface area contributed by atoms with Crippen LogP contribution in [0.15, 0.2) is 24.3 Å². The van der Waals surface area contributed by atoms with Crippen LogP contribution in [0.3, 0.4) is 0 Å². The van der Waals surface area contributed by atoms with Crippen molar-refractivity contribution in [2.24, 2.45) is 0 Å². The molecule has 0 saturated carbocycles. The summed E-state index contributed by atoms with van der Waals surface area (Å²) in [5.41, 5.74) is 0.396. The van der Waals surface area contributed by atoms with Crippen molar-refractivity contribution < 1.29 is 19.3 Å². The van der Waals surface area contributed by atoms with E-state index in [9.17, 15) is 4.79 Å². The van der Waals surface area contributed by atoms with E-state index in [0.29, 0.717) is 24.0 Å². The highest BCUT2D eigenvalue weighted by Crippen LogP contribution is 2.14. The standard InChI is InChI=1S/C12H15O4/c1-4-14-11-7-5-6-10(8-11)12(13)16-15-9(2)3/h5-8H,4H2,1-3H3. The maximum absolute atomic E-state index is 11.5. The molecular weight excluding hydrogens is 208 g/mol. The molecule has 0 heterocycles. The lowest BCUT2D eigenvalue weighted by Crippen LogP contribution is -2.07. The van der Waals surface area contributed by atoms with Crippen LogP contribution in [0.1, 0.15) is 31.1 Å². The molecule has 0 atom stereocenters. The van der Waals surface area contributed by atoms with Gasteiger partial charge in [-0.3, -0.25) is 4.89 Å². The van der Waals surface area contributed by atoms with E-state index in [-0.39, 0.29) is 0 Å². The Hall–Kier alpha value is -1.55. The minimum Gasteiger partial charge on any atom is -0.494 e. The van der Waals surface area contributed by atoms with Crippen LogP contribution in [0.2, 0.25) is 0 Å². The van der Waals surface area contributed by atoms with E-state index in [4.69, 9.17) is 4.74 Å². The number of rotatable bonds is 5. The van der Waals surface area contributed by atoms with E-state index in [1.807, 2.05) is 6.92 Å². The zero-order valence-corrected chi connectivity index (χ0v) is 9.65. The predicted octanol–water partition coefficient (Wildman–Crippen LogP) is 2.75. The molecule has 0 bridgehead atoms.